The molecule has 20 heavy (non-hydrogen) atoms. The van der Waals surface area contributed by atoms with Gasteiger partial charge in [-0.1, -0.05) is 11.6 Å². The Morgan fingerprint density at radius 3 is 2.50 bits per heavy atom. The highest BCUT2D eigenvalue weighted by Crippen LogP contribution is 2.28. The number of carbonyl (C=O) groups is 1. The number of sulfonamides is 1. The third-order valence-corrected chi connectivity index (χ3v) is 3.65. The molecule has 8 heteroatoms. The van der Waals surface area contributed by atoms with Gasteiger partial charge in [0, 0.05) is 0 Å². The van der Waals surface area contributed by atoms with Gasteiger partial charge >= 0.3 is 5.97 Å². The Bertz CT molecular complexity index is 603. The van der Waals surface area contributed by atoms with E-state index in [1.165, 1.54) is 6.07 Å². The highest BCUT2D eigenvalue weighted by molar-refractivity contribution is 7.92. The lowest BCUT2D eigenvalue weighted by atomic mass is 10.3. The van der Waals surface area contributed by atoms with Gasteiger partial charge in [0.1, 0.15) is 12.4 Å². The summed E-state index contributed by atoms with van der Waals surface area (Å²) >= 11 is 5.82. The van der Waals surface area contributed by atoms with Crippen LogP contribution < -0.4 is 4.31 Å². The van der Waals surface area contributed by atoms with Crippen LogP contribution in [0.4, 0.5) is 10.1 Å². The lowest BCUT2D eigenvalue weighted by molar-refractivity contribution is -0.145. The van der Waals surface area contributed by atoms with E-state index in [9.17, 15) is 17.6 Å². The van der Waals surface area contributed by atoms with Crippen LogP contribution in [0.1, 0.15) is 13.8 Å². The number of halogens is 2. The molecule has 0 saturated heterocycles. The minimum atomic E-state index is -3.76. The average molecular weight is 324 g/mol. The Morgan fingerprint density at radius 2 is 2.05 bits per heavy atom. The molecule has 0 bridgehead atoms. The van der Waals surface area contributed by atoms with Gasteiger partial charge in [-0.3, -0.25) is 9.10 Å². The molecular weight excluding hydrogens is 309 g/mol. The second kappa shape index (κ2) is 6.41. The van der Waals surface area contributed by atoms with E-state index in [4.69, 9.17) is 16.3 Å². The molecule has 0 heterocycles. The van der Waals surface area contributed by atoms with Crippen LogP contribution >= 0.6 is 11.6 Å². The number of anilines is 1. The van der Waals surface area contributed by atoms with Crippen molar-refractivity contribution in [2.75, 3.05) is 17.1 Å². The molecule has 1 aromatic carbocycles. The summed E-state index contributed by atoms with van der Waals surface area (Å²) in [7, 11) is -3.76. The monoisotopic (exact) mass is 323 g/mol. The summed E-state index contributed by atoms with van der Waals surface area (Å²) in [6.45, 7) is 2.77. The van der Waals surface area contributed by atoms with E-state index >= 15 is 0 Å². The number of esters is 1. The van der Waals surface area contributed by atoms with Gasteiger partial charge in [0.25, 0.3) is 0 Å². The lowest BCUT2D eigenvalue weighted by Gasteiger charge is -2.23. The molecular formula is C12H15ClFNO4S. The molecule has 0 fully saturated rings. The van der Waals surface area contributed by atoms with E-state index in [1.54, 1.807) is 13.8 Å². The van der Waals surface area contributed by atoms with Gasteiger partial charge in [-0.25, -0.2) is 12.8 Å². The summed E-state index contributed by atoms with van der Waals surface area (Å²) in [5.41, 5.74) is 0.0243. The van der Waals surface area contributed by atoms with E-state index in [0.29, 0.717) is 0 Å². The van der Waals surface area contributed by atoms with Gasteiger partial charge in [0.05, 0.1) is 23.1 Å². The van der Waals surface area contributed by atoms with Crippen LogP contribution in [0, 0.1) is 5.82 Å². The average Bonchev–Trinajstić information content (AvgIpc) is 2.24. The summed E-state index contributed by atoms with van der Waals surface area (Å²) in [4.78, 5) is 11.6. The lowest BCUT2D eigenvalue weighted by Crippen LogP contribution is -2.36. The summed E-state index contributed by atoms with van der Waals surface area (Å²) in [6.07, 6.45) is 0.558. The Kier molecular flexibility index (Phi) is 5.35. The van der Waals surface area contributed by atoms with Gasteiger partial charge < -0.3 is 4.74 Å². The van der Waals surface area contributed by atoms with Crippen LogP contribution in [0.3, 0.4) is 0 Å². The van der Waals surface area contributed by atoms with Gasteiger partial charge in [0.15, 0.2) is 0 Å². The molecule has 1 aromatic rings. The number of carbonyl (C=O) groups excluding carboxylic acids is 1. The molecule has 0 radical (unpaired) electrons. The second-order valence-corrected chi connectivity index (χ2v) is 6.72. The van der Waals surface area contributed by atoms with E-state index < -0.39 is 28.4 Å². The van der Waals surface area contributed by atoms with Crippen LogP contribution in [-0.2, 0) is 19.6 Å². The molecule has 0 aliphatic carbocycles. The fourth-order valence-electron chi connectivity index (χ4n) is 1.48. The van der Waals surface area contributed by atoms with Crippen molar-refractivity contribution in [1.82, 2.24) is 0 Å². The van der Waals surface area contributed by atoms with Crippen molar-refractivity contribution in [1.29, 1.82) is 0 Å². The number of benzene rings is 1. The predicted octanol–water partition coefficient (Wildman–Crippen LogP) is 2.20. The smallest absolute Gasteiger partial charge is 0.327 e. The largest absolute Gasteiger partial charge is 0.462 e. The molecule has 0 aromatic heterocycles. The quantitative estimate of drug-likeness (QED) is 0.779. The molecule has 0 N–H and O–H groups in total. The molecule has 0 saturated carbocycles. The zero-order valence-electron chi connectivity index (χ0n) is 11.3. The first-order valence-corrected chi connectivity index (χ1v) is 7.96. The highest BCUT2D eigenvalue weighted by atomic mass is 35.5. The second-order valence-electron chi connectivity index (χ2n) is 4.40. The number of ether oxygens (including phenoxy) is 1. The Hall–Kier alpha value is -1.34. The standard InChI is InChI=1S/C12H15ClFNO4S/c1-8(2)19-12(16)7-15(20(3,17)18)11-5-4-9(14)6-10(11)13/h4-6,8H,7H2,1-3H3. The van der Waals surface area contributed by atoms with Crippen molar-refractivity contribution in [3.8, 4) is 0 Å². The third kappa shape index (κ3) is 4.64. The zero-order valence-corrected chi connectivity index (χ0v) is 12.8. The summed E-state index contributed by atoms with van der Waals surface area (Å²) in [5, 5.41) is -0.104. The molecule has 0 aliphatic heterocycles. The van der Waals surface area contributed by atoms with Gasteiger partial charge in [-0.2, -0.15) is 0 Å². The predicted molar refractivity (Wildman–Crippen MR) is 74.8 cm³/mol. The van der Waals surface area contributed by atoms with Gasteiger partial charge in [-0.15, -0.1) is 0 Å². The normalized spacial score (nSPS) is 11.5. The Labute approximate surface area is 122 Å². The van der Waals surface area contributed by atoms with Crippen molar-refractivity contribution < 1.29 is 22.3 Å². The van der Waals surface area contributed by atoms with Gasteiger partial charge in [-0.05, 0) is 32.0 Å². The number of rotatable bonds is 5. The first-order chi connectivity index (χ1) is 9.11. The van der Waals surface area contributed by atoms with Crippen molar-refractivity contribution in [3.05, 3.63) is 29.0 Å². The first-order valence-electron chi connectivity index (χ1n) is 5.73. The van der Waals surface area contributed by atoms with Crippen LogP contribution in [0.25, 0.3) is 0 Å². The summed E-state index contributed by atoms with van der Waals surface area (Å²) in [6, 6.07) is 3.23. The van der Waals surface area contributed by atoms with E-state index in [0.717, 1.165) is 22.7 Å². The van der Waals surface area contributed by atoms with Crippen molar-refractivity contribution in [3.63, 3.8) is 0 Å². The Morgan fingerprint density at radius 1 is 1.45 bits per heavy atom. The first kappa shape index (κ1) is 16.7. The maximum atomic E-state index is 13.0. The number of hydrogen-bond donors (Lipinski definition) is 0. The third-order valence-electron chi connectivity index (χ3n) is 2.22. The summed E-state index contributed by atoms with van der Waals surface area (Å²) < 4.78 is 42.2. The minimum Gasteiger partial charge on any atom is -0.462 e. The van der Waals surface area contributed by atoms with E-state index in [2.05, 4.69) is 0 Å². The maximum Gasteiger partial charge on any atom is 0.327 e. The fraction of sp³-hybridized carbons (Fsp3) is 0.417. The molecule has 0 unspecified atom stereocenters. The number of hydrogen-bond acceptors (Lipinski definition) is 4. The molecule has 0 aliphatic rings. The fourth-order valence-corrected chi connectivity index (χ4v) is 2.66. The maximum absolute atomic E-state index is 13.0. The molecule has 1 rings (SSSR count). The van der Waals surface area contributed by atoms with Crippen LogP contribution in [-0.4, -0.2) is 33.3 Å². The SMILES string of the molecule is CC(C)OC(=O)CN(c1ccc(F)cc1Cl)S(C)(=O)=O. The van der Waals surface area contributed by atoms with Crippen LogP contribution in [0.2, 0.25) is 5.02 Å². The topological polar surface area (TPSA) is 63.7 Å². The minimum absolute atomic E-state index is 0.0243. The number of nitrogens with zero attached hydrogens (tertiary/aromatic N) is 1. The molecule has 0 atom stereocenters. The Balaban J connectivity index is 3.11. The van der Waals surface area contributed by atoms with Crippen molar-refractivity contribution in [2.45, 2.75) is 20.0 Å². The molecule has 0 spiro atoms. The molecule has 5 nitrogen and oxygen atoms in total. The molecule has 0 amide bonds. The van der Waals surface area contributed by atoms with E-state index in [1.807, 2.05) is 0 Å². The van der Waals surface area contributed by atoms with E-state index in [-0.39, 0.29) is 16.8 Å². The van der Waals surface area contributed by atoms with Crippen molar-refractivity contribution >= 4 is 33.3 Å². The zero-order chi connectivity index (χ0) is 15.5. The molecule has 112 valence electrons. The van der Waals surface area contributed by atoms with Gasteiger partial charge in [0.2, 0.25) is 10.0 Å². The summed E-state index contributed by atoms with van der Waals surface area (Å²) in [5.74, 6) is -1.32. The highest BCUT2D eigenvalue weighted by Gasteiger charge is 2.24. The van der Waals surface area contributed by atoms with Crippen LogP contribution in [0.15, 0.2) is 18.2 Å². The van der Waals surface area contributed by atoms with Crippen LogP contribution in [0.5, 0.6) is 0 Å². The van der Waals surface area contributed by atoms with Crippen molar-refractivity contribution in [2.24, 2.45) is 0 Å².